The van der Waals surface area contributed by atoms with Crippen LogP contribution in [-0.2, 0) is 6.42 Å². The van der Waals surface area contributed by atoms with E-state index in [9.17, 15) is 4.79 Å². The zero-order valence-corrected chi connectivity index (χ0v) is 8.96. The lowest BCUT2D eigenvalue weighted by molar-refractivity contribution is 0.112. The number of hydrogen-bond acceptors (Lipinski definition) is 2. The average Bonchev–Trinajstić information content (AvgIpc) is 2.21. The molecule has 14 heavy (non-hydrogen) atoms. The molecule has 0 heterocycles. The fourth-order valence-corrected chi connectivity index (χ4v) is 1.66. The topological polar surface area (TPSA) is 26.3 Å². The summed E-state index contributed by atoms with van der Waals surface area (Å²) in [5.41, 5.74) is 2.97. The van der Waals surface area contributed by atoms with Gasteiger partial charge in [-0.15, -0.1) is 0 Å². The van der Waals surface area contributed by atoms with Crippen LogP contribution in [0.15, 0.2) is 12.1 Å². The van der Waals surface area contributed by atoms with Gasteiger partial charge in [-0.3, -0.25) is 4.79 Å². The van der Waals surface area contributed by atoms with Crippen molar-refractivity contribution in [3.63, 3.8) is 0 Å². The van der Waals surface area contributed by atoms with E-state index in [2.05, 4.69) is 6.92 Å². The van der Waals surface area contributed by atoms with Crippen molar-refractivity contribution in [3.8, 4) is 5.75 Å². The van der Waals surface area contributed by atoms with E-state index >= 15 is 0 Å². The minimum Gasteiger partial charge on any atom is -0.496 e. The first kappa shape index (κ1) is 10.8. The van der Waals surface area contributed by atoms with E-state index in [1.165, 1.54) is 5.56 Å². The summed E-state index contributed by atoms with van der Waals surface area (Å²) in [5.74, 6) is 0.714. The standard InChI is InChI=1S/C12H16O2/c1-4-5-10-6-7-11(8-13)12(14-3)9(10)2/h6-8H,4-5H2,1-3H3. The molecule has 0 saturated carbocycles. The molecule has 1 aromatic rings. The second-order valence-corrected chi connectivity index (χ2v) is 3.34. The lowest BCUT2D eigenvalue weighted by Gasteiger charge is -2.11. The van der Waals surface area contributed by atoms with Crippen molar-refractivity contribution < 1.29 is 9.53 Å². The Morgan fingerprint density at radius 3 is 2.64 bits per heavy atom. The number of benzene rings is 1. The predicted octanol–water partition coefficient (Wildman–Crippen LogP) is 2.77. The summed E-state index contributed by atoms with van der Waals surface area (Å²) in [5, 5.41) is 0. The van der Waals surface area contributed by atoms with E-state index in [1.54, 1.807) is 7.11 Å². The predicted molar refractivity (Wildman–Crippen MR) is 57.1 cm³/mol. The zero-order valence-electron chi connectivity index (χ0n) is 8.96. The average molecular weight is 192 g/mol. The fraction of sp³-hybridized carbons (Fsp3) is 0.417. The molecule has 2 nitrogen and oxygen atoms in total. The van der Waals surface area contributed by atoms with Gasteiger partial charge in [0.1, 0.15) is 5.75 Å². The summed E-state index contributed by atoms with van der Waals surface area (Å²) < 4.78 is 5.22. The first-order valence-electron chi connectivity index (χ1n) is 4.86. The number of aryl methyl sites for hydroxylation is 1. The molecule has 0 N–H and O–H groups in total. The van der Waals surface area contributed by atoms with Crippen LogP contribution in [0.4, 0.5) is 0 Å². The first-order valence-corrected chi connectivity index (χ1v) is 4.86. The molecule has 0 fully saturated rings. The van der Waals surface area contributed by atoms with E-state index in [-0.39, 0.29) is 0 Å². The Hall–Kier alpha value is -1.31. The third-order valence-corrected chi connectivity index (χ3v) is 2.40. The molecule has 0 saturated heterocycles. The van der Waals surface area contributed by atoms with Gasteiger partial charge in [-0.05, 0) is 30.5 Å². The number of aldehydes is 1. The summed E-state index contributed by atoms with van der Waals surface area (Å²) in [6.07, 6.45) is 2.97. The monoisotopic (exact) mass is 192 g/mol. The van der Waals surface area contributed by atoms with Gasteiger partial charge >= 0.3 is 0 Å². The molecule has 0 bridgehead atoms. The molecule has 0 aromatic heterocycles. The molecule has 0 aliphatic carbocycles. The molecular formula is C12H16O2. The normalized spacial score (nSPS) is 9.93. The Kier molecular flexibility index (Phi) is 3.69. The summed E-state index contributed by atoms with van der Waals surface area (Å²) in [6, 6.07) is 3.83. The molecule has 0 unspecified atom stereocenters. The maximum absolute atomic E-state index is 10.7. The van der Waals surface area contributed by atoms with Crippen LogP contribution in [0, 0.1) is 6.92 Å². The molecule has 76 valence electrons. The van der Waals surface area contributed by atoms with E-state index < -0.39 is 0 Å². The molecule has 1 aromatic carbocycles. The Balaban J connectivity index is 3.20. The third-order valence-electron chi connectivity index (χ3n) is 2.40. The van der Waals surface area contributed by atoms with Gasteiger partial charge in [0.05, 0.1) is 12.7 Å². The Morgan fingerprint density at radius 1 is 1.43 bits per heavy atom. The van der Waals surface area contributed by atoms with Gasteiger partial charge in [0.2, 0.25) is 0 Å². The van der Waals surface area contributed by atoms with Gasteiger partial charge in [0.25, 0.3) is 0 Å². The number of rotatable bonds is 4. The number of hydrogen-bond donors (Lipinski definition) is 0. The first-order chi connectivity index (χ1) is 6.74. The van der Waals surface area contributed by atoms with E-state index in [0.29, 0.717) is 11.3 Å². The minimum atomic E-state index is 0.629. The highest BCUT2D eigenvalue weighted by molar-refractivity contribution is 5.80. The maximum atomic E-state index is 10.7. The third kappa shape index (κ3) is 1.95. The zero-order chi connectivity index (χ0) is 10.6. The lowest BCUT2D eigenvalue weighted by Crippen LogP contribution is -1.98. The smallest absolute Gasteiger partial charge is 0.153 e. The second kappa shape index (κ2) is 4.80. The number of ether oxygens (including phenoxy) is 1. The maximum Gasteiger partial charge on any atom is 0.153 e. The van der Waals surface area contributed by atoms with Crippen molar-refractivity contribution in [3.05, 3.63) is 28.8 Å². The van der Waals surface area contributed by atoms with Crippen LogP contribution >= 0.6 is 0 Å². The summed E-state index contributed by atoms with van der Waals surface area (Å²) in [7, 11) is 1.60. The highest BCUT2D eigenvalue weighted by Gasteiger charge is 2.08. The van der Waals surface area contributed by atoms with E-state index in [1.807, 2.05) is 19.1 Å². The van der Waals surface area contributed by atoms with Crippen molar-refractivity contribution in [1.29, 1.82) is 0 Å². The SMILES string of the molecule is CCCc1ccc(C=O)c(OC)c1C. The van der Waals surface area contributed by atoms with E-state index in [4.69, 9.17) is 4.74 Å². The second-order valence-electron chi connectivity index (χ2n) is 3.34. The van der Waals surface area contributed by atoms with Gasteiger partial charge in [-0.25, -0.2) is 0 Å². The highest BCUT2D eigenvalue weighted by atomic mass is 16.5. The fourth-order valence-electron chi connectivity index (χ4n) is 1.66. The molecule has 1 rings (SSSR count). The molecule has 0 spiro atoms. The molecular weight excluding hydrogens is 176 g/mol. The molecule has 0 aliphatic heterocycles. The molecule has 0 aliphatic rings. The van der Waals surface area contributed by atoms with Crippen molar-refractivity contribution in [2.45, 2.75) is 26.7 Å². The van der Waals surface area contributed by atoms with Crippen LogP contribution in [-0.4, -0.2) is 13.4 Å². The van der Waals surface area contributed by atoms with Crippen LogP contribution in [0.3, 0.4) is 0 Å². The van der Waals surface area contributed by atoms with Crippen molar-refractivity contribution in [2.75, 3.05) is 7.11 Å². The minimum absolute atomic E-state index is 0.629. The summed E-state index contributed by atoms with van der Waals surface area (Å²) >= 11 is 0. The Morgan fingerprint density at radius 2 is 2.14 bits per heavy atom. The summed E-state index contributed by atoms with van der Waals surface area (Å²) in [4.78, 5) is 10.7. The largest absolute Gasteiger partial charge is 0.496 e. The van der Waals surface area contributed by atoms with Crippen LogP contribution in [0.2, 0.25) is 0 Å². The van der Waals surface area contributed by atoms with Gasteiger partial charge in [-0.2, -0.15) is 0 Å². The highest BCUT2D eigenvalue weighted by Crippen LogP contribution is 2.25. The molecule has 2 heteroatoms. The molecule has 0 atom stereocenters. The Labute approximate surface area is 84.9 Å². The molecule has 0 amide bonds. The Bertz CT molecular complexity index is 329. The molecule has 0 radical (unpaired) electrons. The lowest BCUT2D eigenvalue weighted by atomic mass is 10.0. The van der Waals surface area contributed by atoms with Crippen LogP contribution in [0.1, 0.15) is 34.8 Å². The van der Waals surface area contributed by atoms with Gasteiger partial charge in [0.15, 0.2) is 6.29 Å². The van der Waals surface area contributed by atoms with Crippen LogP contribution in [0.25, 0.3) is 0 Å². The van der Waals surface area contributed by atoms with E-state index in [0.717, 1.165) is 24.7 Å². The van der Waals surface area contributed by atoms with Crippen molar-refractivity contribution in [1.82, 2.24) is 0 Å². The number of carbonyl (C=O) groups excluding carboxylic acids is 1. The van der Waals surface area contributed by atoms with Crippen LogP contribution < -0.4 is 4.74 Å². The number of carbonyl (C=O) groups is 1. The van der Waals surface area contributed by atoms with Crippen molar-refractivity contribution in [2.24, 2.45) is 0 Å². The van der Waals surface area contributed by atoms with Crippen LogP contribution in [0.5, 0.6) is 5.75 Å². The van der Waals surface area contributed by atoms with Gasteiger partial charge in [0, 0.05) is 0 Å². The van der Waals surface area contributed by atoms with Gasteiger partial charge < -0.3 is 4.74 Å². The quantitative estimate of drug-likeness (QED) is 0.686. The van der Waals surface area contributed by atoms with Crippen molar-refractivity contribution >= 4 is 6.29 Å². The summed E-state index contributed by atoms with van der Waals surface area (Å²) in [6.45, 7) is 4.14. The van der Waals surface area contributed by atoms with Gasteiger partial charge in [-0.1, -0.05) is 19.4 Å². The number of methoxy groups -OCH3 is 1.